The van der Waals surface area contributed by atoms with Gasteiger partial charge in [0.1, 0.15) is 11.3 Å². The number of carbonyl (C=O) groups excluding carboxylic acids is 1. The number of amides is 1. The van der Waals surface area contributed by atoms with Gasteiger partial charge in [-0.05, 0) is 43.5 Å². The average Bonchev–Trinajstić information content (AvgIpc) is 3.52. The van der Waals surface area contributed by atoms with Gasteiger partial charge in [-0.2, -0.15) is 5.10 Å². The number of H-pyrrole nitrogens is 2. The molecule has 0 radical (unpaired) electrons. The number of fused-ring (bicyclic) bond motifs is 2. The topological polar surface area (TPSA) is 115 Å². The SMILES string of the molecule is CC(C)(C)C(=O)Nc1cncc(-c2cc3c(-c4cc5c(N6CCCCC6)ccnc5[nH]4)n[nH]c3cn2)c1. The Morgan fingerprint density at radius 2 is 1.84 bits per heavy atom. The van der Waals surface area contributed by atoms with Crippen molar-refractivity contribution in [1.29, 1.82) is 0 Å². The van der Waals surface area contributed by atoms with Gasteiger partial charge in [-0.15, -0.1) is 0 Å². The fraction of sp³-hybridized carbons (Fsp3) is 0.321. The van der Waals surface area contributed by atoms with Gasteiger partial charge in [0.15, 0.2) is 0 Å². The van der Waals surface area contributed by atoms with Gasteiger partial charge < -0.3 is 15.2 Å². The molecule has 5 aromatic heterocycles. The van der Waals surface area contributed by atoms with E-state index in [0.717, 1.165) is 57.7 Å². The van der Waals surface area contributed by atoms with Crippen molar-refractivity contribution in [2.24, 2.45) is 5.41 Å². The van der Waals surface area contributed by atoms with E-state index in [1.807, 2.05) is 39.1 Å². The summed E-state index contributed by atoms with van der Waals surface area (Å²) in [5.74, 6) is -0.0664. The second-order valence-corrected chi connectivity index (χ2v) is 10.7. The molecule has 0 spiro atoms. The molecule has 9 heteroatoms. The molecule has 1 amide bonds. The number of pyridine rings is 3. The van der Waals surface area contributed by atoms with Crippen molar-refractivity contribution in [2.45, 2.75) is 40.0 Å². The first-order valence-corrected chi connectivity index (χ1v) is 12.7. The summed E-state index contributed by atoms with van der Waals surface area (Å²) >= 11 is 0. The fourth-order valence-corrected chi connectivity index (χ4v) is 4.80. The van der Waals surface area contributed by atoms with Crippen LogP contribution in [0.5, 0.6) is 0 Å². The highest BCUT2D eigenvalue weighted by Gasteiger charge is 2.22. The standard InChI is InChI=1S/C28H30N8O/c1-28(2,3)27(37)32-18-11-17(14-29-15-18)21-12-19-23(16-31-21)34-35-25(19)22-13-20-24(7-8-30-26(20)33-22)36-9-5-4-6-10-36/h7-8,11-16H,4-6,9-10H2,1-3H3,(H,30,33)(H,32,37)(H,34,35). The number of anilines is 2. The van der Waals surface area contributed by atoms with Crippen molar-refractivity contribution in [2.75, 3.05) is 23.3 Å². The second-order valence-electron chi connectivity index (χ2n) is 10.7. The lowest BCUT2D eigenvalue weighted by Gasteiger charge is -2.29. The maximum absolute atomic E-state index is 12.4. The van der Waals surface area contributed by atoms with Crippen molar-refractivity contribution in [3.8, 4) is 22.6 Å². The molecular formula is C28H30N8O. The minimum Gasteiger partial charge on any atom is -0.371 e. The molecule has 0 saturated carbocycles. The normalized spacial score (nSPS) is 14.4. The van der Waals surface area contributed by atoms with E-state index in [1.54, 1.807) is 18.6 Å². The van der Waals surface area contributed by atoms with E-state index in [2.05, 4.69) is 52.5 Å². The van der Waals surface area contributed by atoms with Crippen molar-refractivity contribution in [3.05, 3.63) is 49.1 Å². The van der Waals surface area contributed by atoms with E-state index >= 15 is 0 Å². The molecule has 6 heterocycles. The smallest absolute Gasteiger partial charge is 0.229 e. The Morgan fingerprint density at radius 3 is 2.65 bits per heavy atom. The third-order valence-electron chi connectivity index (χ3n) is 6.88. The molecule has 1 saturated heterocycles. The lowest BCUT2D eigenvalue weighted by molar-refractivity contribution is -0.123. The average molecular weight is 495 g/mol. The number of nitrogens with one attached hydrogen (secondary N) is 3. The van der Waals surface area contributed by atoms with Crippen molar-refractivity contribution < 1.29 is 4.79 Å². The first-order valence-electron chi connectivity index (χ1n) is 12.7. The second kappa shape index (κ2) is 8.99. The molecule has 9 nitrogen and oxygen atoms in total. The van der Waals surface area contributed by atoms with Crippen LogP contribution in [0.1, 0.15) is 40.0 Å². The summed E-state index contributed by atoms with van der Waals surface area (Å²) in [5.41, 5.74) is 6.33. The van der Waals surface area contributed by atoms with Gasteiger partial charge in [0.25, 0.3) is 0 Å². The Hall–Kier alpha value is -4.27. The maximum Gasteiger partial charge on any atom is 0.229 e. The van der Waals surface area contributed by atoms with Crippen molar-refractivity contribution in [3.63, 3.8) is 0 Å². The van der Waals surface area contributed by atoms with Gasteiger partial charge in [-0.25, -0.2) is 4.98 Å². The number of rotatable bonds is 4. The summed E-state index contributed by atoms with van der Waals surface area (Å²) in [7, 11) is 0. The number of carbonyl (C=O) groups is 1. The highest BCUT2D eigenvalue weighted by molar-refractivity contribution is 5.99. The van der Waals surface area contributed by atoms with Crippen LogP contribution in [0.4, 0.5) is 11.4 Å². The fourth-order valence-electron chi connectivity index (χ4n) is 4.80. The minimum atomic E-state index is -0.499. The molecule has 1 aliphatic heterocycles. The first kappa shape index (κ1) is 23.1. The number of hydrogen-bond acceptors (Lipinski definition) is 6. The van der Waals surface area contributed by atoms with Crippen LogP contribution in [0.25, 0.3) is 44.6 Å². The molecule has 0 atom stereocenters. The van der Waals surface area contributed by atoms with Gasteiger partial charge in [-0.3, -0.25) is 19.9 Å². The molecular weight excluding hydrogens is 464 g/mol. The van der Waals surface area contributed by atoms with Gasteiger partial charge >= 0.3 is 0 Å². The Labute approximate surface area is 214 Å². The van der Waals surface area contributed by atoms with E-state index in [9.17, 15) is 4.79 Å². The zero-order valence-corrected chi connectivity index (χ0v) is 21.3. The Morgan fingerprint density at radius 1 is 1.00 bits per heavy atom. The Kier molecular flexibility index (Phi) is 5.62. The molecule has 37 heavy (non-hydrogen) atoms. The summed E-state index contributed by atoms with van der Waals surface area (Å²) in [6, 6.07) is 8.15. The zero-order chi connectivity index (χ0) is 25.6. The summed E-state index contributed by atoms with van der Waals surface area (Å²) in [5, 5.41) is 12.7. The van der Waals surface area contributed by atoms with Crippen LogP contribution in [0, 0.1) is 5.41 Å². The van der Waals surface area contributed by atoms with Crippen molar-refractivity contribution in [1.82, 2.24) is 30.1 Å². The van der Waals surface area contributed by atoms with Crippen LogP contribution >= 0.6 is 0 Å². The summed E-state index contributed by atoms with van der Waals surface area (Å²) in [6.07, 6.45) is 10.8. The highest BCUT2D eigenvalue weighted by Crippen LogP contribution is 2.34. The molecule has 0 aromatic carbocycles. The predicted molar refractivity (Wildman–Crippen MR) is 146 cm³/mol. The Balaban J connectivity index is 1.37. The van der Waals surface area contributed by atoms with E-state index in [4.69, 9.17) is 0 Å². The lowest BCUT2D eigenvalue weighted by Crippen LogP contribution is -2.29. The molecule has 5 aromatic rings. The lowest BCUT2D eigenvalue weighted by atomic mass is 9.95. The van der Waals surface area contributed by atoms with Crippen LogP contribution in [0.15, 0.2) is 49.1 Å². The highest BCUT2D eigenvalue weighted by atomic mass is 16.2. The van der Waals surface area contributed by atoms with Gasteiger partial charge in [0, 0.05) is 52.9 Å². The van der Waals surface area contributed by atoms with E-state index in [-0.39, 0.29) is 5.91 Å². The molecule has 0 aliphatic carbocycles. The van der Waals surface area contributed by atoms with Gasteiger partial charge in [-0.1, -0.05) is 20.8 Å². The van der Waals surface area contributed by atoms with Crippen LogP contribution in [0.3, 0.4) is 0 Å². The summed E-state index contributed by atoms with van der Waals surface area (Å²) in [6.45, 7) is 7.78. The third-order valence-corrected chi connectivity index (χ3v) is 6.88. The third kappa shape index (κ3) is 4.41. The quantitative estimate of drug-likeness (QED) is 0.302. The molecule has 1 aliphatic rings. The van der Waals surface area contributed by atoms with E-state index < -0.39 is 5.41 Å². The van der Waals surface area contributed by atoms with E-state index in [0.29, 0.717) is 5.69 Å². The van der Waals surface area contributed by atoms with Crippen LogP contribution in [0.2, 0.25) is 0 Å². The van der Waals surface area contributed by atoms with E-state index in [1.165, 1.54) is 24.9 Å². The van der Waals surface area contributed by atoms with Crippen LogP contribution in [-0.4, -0.2) is 49.1 Å². The largest absolute Gasteiger partial charge is 0.371 e. The zero-order valence-electron chi connectivity index (χ0n) is 21.3. The van der Waals surface area contributed by atoms with Crippen LogP contribution in [-0.2, 0) is 4.79 Å². The van der Waals surface area contributed by atoms with Gasteiger partial charge in [0.2, 0.25) is 5.91 Å². The molecule has 3 N–H and O–H groups in total. The number of piperidine rings is 1. The number of aromatic amines is 2. The molecule has 0 unspecified atom stereocenters. The first-order chi connectivity index (χ1) is 17.9. The van der Waals surface area contributed by atoms with Crippen LogP contribution < -0.4 is 10.2 Å². The number of hydrogen-bond donors (Lipinski definition) is 3. The number of nitrogens with zero attached hydrogens (tertiary/aromatic N) is 5. The number of aromatic nitrogens is 6. The monoisotopic (exact) mass is 494 g/mol. The molecule has 6 rings (SSSR count). The summed E-state index contributed by atoms with van der Waals surface area (Å²) in [4.78, 5) is 31.9. The summed E-state index contributed by atoms with van der Waals surface area (Å²) < 4.78 is 0. The molecule has 188 valence electrons. The Bertz CT molecular complexity index is 1600. The van der Waals surface area contributed by atoms with Crippen molar-refractivity contribution >= 4 is 39.2 Å². The van der Waals surface area contributed by atoms with Gasteiger partial charge in [0.05, 0.1) is 35.0 Å². The molecule has 1 fully saturated rings. The molecule has 0 bridgehead atoms. The maximum atomic E-state index is 12.4. The predicted octanol–water partition coefficient (Wildman–Crippen LogP) is 5.54. The minimum absolute atomic E-state index is 0.0664.